The van der Waals surface area contributed by atoms with Crippen molar-refractivity contribution in [3.8, 4) is 0 Å². The number of halogens is 4. The molecule has 0 bridgehead atoms. The van der Waals surface area contributed by atoms with Crippen molar-refractivity contribution in [1.82, 2.24) is 0 Å². The van der Waals surface area contributed by atoms with Gasteiger partial charge in [0.1, 0.15) is 0 Å². The molecule has 1 atom stereocenters. The Hall–Kier alpha value is 0.140. The van der Waals surface area contributed by atoms with Crippen LogP contribution < -0.4 is 5.32 Å². The molecule has 1 unspecified atom stereocenters. The minimum Gasteiger partial charge on any atom is -0.390 e. The van der Waals surface area contributed by atoms with E-state index in [0.717, 1.165) is 0 Å². The molecule has 6 heteroatoms. The molecule has 1 aromatic carbocycles. The molecular formula is C9H9Cl4NO. The second-order valence-electron chi connectivity index (χ2n) is 2.91. The van der Waals surface area contributed by atoms with E-state index in [9.17, 15) is 5.11 Å². The lowest BCUT2D eigenvalue weighted by atomic mass is 10.3. The maximum Gasteiger partial charge on any atom is 0.0847 e. The van der Waals surface area contributed by atoms with Gasteiger partial charge in [-0.1, -0.05) is 34.8 Å². The molecule has 15 heavy (non-hydrogen) atoms. The van der Waals surface area contributed by atoms with Gasteiger partial charge >= 0.3 is 0 Å². The van der Waals surface area contributed by atoms with E-state index < -0.39 is 6.10 Å². The van der Waals surface area contributed by atoms with Gasteiger partial charge in [-0.25, -0.2) is 0 Å². The molecule has 0 saturated carbocycles. The van der Waals surface area contributed by atoms with Gasteiger partial charge in [0, 0.05) is 6.54 Å². The molecule has 0 radical (unpaired) electrons. The van der Waals surface area contributed by atoms with Crippen molar-refractivity contribution in [2.45, 2.75) is 6.10 Å². The van der Waals surface area contributed by atoms with Gasteiger partial charge in [-0.2, -0.15) is 0 Å². The molecule has 0 aliphatic rings. The highest BCUT2D eigenvalue weighted by molar-refractivity contribution is 6.49. The Labute approximate surface area is 108 Å². The molecule has 0 fully saturated rings. The van der Waals surface area contributed by atoms with Crippen LogP contribution in [0.15, 0.2) is 12.1 Å². The van der Waals surface area contributed by atoms with Gasteiger partial charge in [-0.15, -0.1) is 11.6 Å². The molecular weight excluding hydrogens is 280 g/mol. The number of aliphatic hydroxyl groups is 1. The fourth-order valence-corrected chi connectivity index (χ4v) is 1.66. The molecule has 0 aliphatic carbocycles. The predicted octanol–water partition coefficient (Wildman–Crippen LogP) is 3.66. The lowest BCUT2D eigenvalue weighted by molar-refractivity contribution is 0.211. The van der Waals surface area contributed by atoms with Crippen molar-refractivity contribution >= 4 is 52.1 Å². The van der Waals surface area contributed by atoms with Crippen LogP contribution in [0.25, 0.3) is 0 Å². The molecule has 1 aromatic rings. The van der Waals surface area contributed by atoms with Crippen molar-refractivity contribution in [2.24, 2.45) is 0 Å². The van der Waals surface area contributed by atoms with Crippen molar-refractivity contribution < 1.29 is 5.11 Å². The number of hydrogen-bond donors (Lipinski definition) is 2. The van der Waals surface area contributed by atoms with E-state index in [0.29, 0.717) is 27.3 Å². The van der Waals surface area contributed by atoms with Gasteiger partial charge in [0.05, 0.1) is 32.7 Å². The van der Waals surface area contributed by atoms with Crippen LogP contribution in [0, 0.1) is 0 Å². The van der Waals surface area contributed by atoms with E-state index in [2.05, 4.69) is 5.32 Å². The Morgan fingerprint density at radius 1 is 1.20 bits per heavy atom. The van der Waals surface area contributed by atoms with Crippen LogP contribution in [0.3, 0.4) is 0 Å². The van der Waals surface area contributed by atoms with Gasteiger partial charge in [-0.05, 0) is 12.1 Å². The second kappa shape index (κ2) is 6.02. The van der Waals surface area contributed by atoms with Gasteiger partial charge < -0.3 is 10.4 Å². The average molecular weight is 289 g/mol. The van der Waals surface area contributed by atoms with Crippen LogP contribution >= 0.6 is 46.4 Å². The zero-order chi connectivity index (χ0) is 11.4. The van der Waals surface area contributed by atoms with E-state index in [1.807, 2.05) is 0 Å². The summed E-state index contributed by atoms with van der Waals surface area (Å²) < 4.78 is 0. The molecule has 0 amide bonds. The summed E-state index contributed by atoms with van der Waals surface area (Å²) in [5.41, 5.74) is 0.621. The Balaban J connectivity index is 2.74. The number of alkyl halides is 1. The minimum atomic E-state index is -0.628. The highest BCUT2D eigenvalue weighted by Crippen LogP contribution is 2.35. The first-order chi connectivity index (χ1) is 7.06. The molecule has 1 rings (SSSR count). The Morgan fingerprint density at radius 3 is 2.47 bits per heavy atom. The minimum absolute atomic E-state index is 0.159. The summed E-state index contributed by atoms with van der Waals surface area (Å²) in [6.07, 6.45) is -0.628. The third kappa shape index (κ3) is 3.58. The SMILES string of the molecule is OC(CCl)CNc1ccc(Cl)c(Cl)c1Cl. The molecule has 0 aromatic heterocycles. The summed E-state index contributed by atoms with van der Waals surface area (Å²) >= 11 is 23.0. The zero-order valence-electron chi connectivity index (χ0n) is 7.61. The van der Waals surface area contributed by atoms with Crippen molar-refractivity contribution in [2.75, 3.05) is 17.7 Å². The van der Waals surface area contributed by atoms with Crippen LogP contribution in [0.1, 0.15) is 0 Å². The standard InChI is InChI=1S/C9H9Cl4NO/c10-3-5(15)4-14-7-2-1-6(11)8(12)9(7)13/h1-2,5,14-15H,3-4H2. The molecule has 0 spiro atoms. The van der Waals surface area contributed by atoms with E-state index in [-0.39, 0.29) is 5.88 Å². The first-order valence-corrected chi connectivity index (χ1v) is 5.84. The van der Waals surface area contributed by atoms with Crippen LogP contribution in [-0.4, -0.2) is 23.6 Å². The van der Waals surface area contributed by atoms with Gasteiger partial charge in [0.2, 0.25) is 0 Å². The first kappa shape index (κ1) is 13.2. The van der Waals surface area contributed by atoms with Gasteiger partial charge in [0.15, 0.2) is 0 Å². The average Bonchev–Trinajstić information content (AvgIpc) is 2.24. The summed E-state index contributed by atoms with van der Waals surface area (Å²) in [6, 6.07) is 3.32. The number of nitrogens with one attached hydrogen (secondary N) is 1. The smallest absolute Gasteiger partial charge is 0.0847 e. The second-order valence-corrected chi connectivity index (χ2v) is 4.38. The van der Waals surface area contributed by atoms with Crippen LogP contribution in [0.5, 0.6) is 0 Å². The Bertz CT molecular complexity index is 345. The molecule has 0 saturated heterocycles. The Morgan fingerprint density at radius 2 is 1.87 bits per heavy atom. The summed E-state index contributed by atoms with van der Waals surface area (Å²) in [5, 5.41) is 13.2. The van der Waals surface area contributed by atoms with E-state index in [4.69, 9.17) is 46.4 Å². The molecule has 2 N–H and O–H groups in total. The fourth-order valence-electron chi connectivity index (χ4n) is 0.945. The monoisotopic (exact) mass is 287 g/mol. The van der Waals surface area contributed by atoms with Crippen LogP contribution in [-0.2, 0) is 0 Å². The zero-order valence-corrected chi connectivity index (χ0v) is 10.6. The van der Waals surface area contributed by atoms with Crippen LogP contribution in [0.4, 0.5) is 5.69 Å². The largest absolute Gasteiger partial charge is 0.390 e. The molecule has 84 valence electrons. The topological polar surface area (TPSA) is 32.3 Å². The number of benzene rings is 1. The van der Waals surface area contributed by atoms with Crippen molar-refractivity contribution in [3.63, 3.8) is 0 Å². The van der Waals surface area contributed by atoms with Gasteiger partial charge in [0.25, 0.3) is 0 Å². The van der Waals surface area contributed by atoms with Gasteiger partial charge in [-0.3, -0.25) is 0 Å². The lowest BCUT2D eigenvalue weighted by Gasteiger charge is -2.12. The number of aliphatic hydroxyl groups excluding tert-OH is 1. The van der Waals surface area contributed by atoms with Crippen molar-refractivity contribution in [3.05, 3.63) is 27.2 Å². The summed E-state index contributed by atoms with van der Waals surface area (Å²) in [4.78, 5) is 0. The van der Waals surface area contributed by atoms with E-state index >= 15 is 0 Å². The summed E-state index contributed by atoms with van der Waals surface area (Å²) in [7, 11) is 0. The predicted molar refractivity (Wildman–Crippen MR) is 66.7 cm³/mol. The fraction of sp³-hybridized carbons (Fsp3) is 0.333. The highest BCUT2D eigenvalue weighted by Gasteiger charge is 2.09. The maximum absolute atomic E-state index is 9.24. The van der Waals surface area contributed by atoms with Crippen molar-refractivity contribution in [1.29, 1.82) is 0 Å². The number of hydrogen-bond acceptors (Lipinski definition) is 2. The molecule has 0 aliphatic heterocycles. The number of anilines is 1. The van der Waals surface area contributed by atoms with E-state index in [1.54, 1.807) is 12.1 Å². The third-order valence-electron chi connectivity index (χ3n) is 1.74. The Kier molecular flexibility index (Phi) is 5.30. The summed E-state index contributed by atoms with van der Waals surface area (Å²) in [5.74, 6) is 0.159. The maximum atomic E-state index is 9.24. The quantitative estimate of drug-likeness (QED) is 0.655. The molecule has 2 nitrogen and oxygen atoms in total. The normalized spacial score (nSPS) is 12.6. The molecule has 0 heterocycles. The third-order valence-corrected chi connectivity index (χ3v) is 3.39. The number of rotatable bonds is 4. The first-order valence-electron chi connectivity index (χ1n) is 4.17. The highest BCUT2D eigenvalue weighted by atomic mass is 35.5. The summed E-state index contributed by atoms with van der Waals surface area (Å²) in [6.45, 7) is 0.307. The van der Waals surface area contributed by atoms with Crippen LogP contribution in [0.2, 0.25) is 15.1 Å². The van der Waals surface area contributed by atoms with E-state index in [1.165, 1.54) is 0 Å². The lowest BCUT2D eigenvalue weighted by Crippen LogP contribution is -2.20.